The van der Waals surface area contributed by atoms with Crippen LogP contribution < -0.4 is 5.32 Å². The lowest BCUT2D eigenvalue weighted by Gasteiger charge is -2.30. The topological polar surface area (TPSA) is 82.0 Å². The Morgan fingerprint density at radius 1 is 1.08 bits per heavy atom. The molecule has 0 saturated carbocycles. The molecule has 6 heteroatoms. The van der Waals surface area contributed by atoms with E-state index in [0.717, 1.165) is 18.4 Å². The molecular formula is C18H20N2O4. The summed E-state index contributed by atoms with van der Waals surface area (Å²) >= 11 is 0. The van der Waals surface area contributed by atoms with Crippen LogP contribution in [0.2, 0.25) is 0 Å². The number of phenols is 2. The standard InChI is InChI=1S/C18H20N2O4/c21-15-6-7-16(17(22)12-15)13-8-10-20(11-9-13)24-18(23)19-14-4-2-1-3-5-14/h1-7,12-13,21-22H,8-11H2,(H,19,23). The van der Waals surface area contributed by atoms with E-state index in [0.29, 0.717) is 18.8 Å². The summed E-state index contributed by atoms with van der Waals surface area (Å²) in [5, 5.41) is 23.6. The molecular weight excluding hydrogens is 308 g/mol. The van der Waals surface area contributed by atoms with Gasteiger partial charge in [-0.15, -0.1) is 5.06 Å². The molecule has 3 rings (SSSR count). The van der Waals surface area contributed by atoms with Gasteiger partial charge in [0.15, 0.2) is 0 Å². The monoisotopic (exact) mass is 328 g/mol. The van der Waals surface area contributed by atoms with E-state index in [9.17, 15) is 15.0 Å². The average molecular weight is 328 g/mol. The van der Waals surface area contributed by atoms with Crippen molar-refractivity contribution in [3.8, 4) is 11.5 Å². The number of rotatable bonds is 3. The molecule has 0 bridgehead atoms. The Hall–Kier alpha value is -2.73. The number of hydroxylamine groups is 2. The fraction of sp³-hybridized carbons (Fsp3) is 0.278. The van der Waals surface area contributed by atoms with Gasteiger partial charge in [-0.05, 0) is 42.5 Å². The molecule has 0 unspecified atom stereocenters. The first-order valence-corrected chi connectivity index (χ1v) is 7.92. The van der Waals surface area contributed by atoms with Crippen LogP contribution in [-0.2, 0) is 4.84 Å². The SMILES string of the molecule is O=C(Nc1ccccc1)ON1CCC(c2ccc(O)cc2O)CC1. The molecule has 3 N–H and O–H groups in total. The number of benzene rings is 2. The Morgan fingerprint density at radius 3 is 2.46 bits per heavy atom. The second kappa shape index (κ2) is 7.23. The van der Waals surface area contributed by atoms with Crippen molar-refractivity contribution in [2.45, 2.75) is 18.8 Å². The lowest BCUT2D eigenvalue weighted by atomic mass is 9.89. The molecule has 2 aromatic rings. The fourth-order valence-electron chi connectivity index (χ4n) is 2.91. The van der Waals surface area contributed by atoms with E-state index in [2.05, 4.69) is 5.32 Å². The third kappa shape index (κ3) is 3.97. The van der Waals surface area contributed by atoms with Crippen LogP contribution in [0.25, 0.3) is 0 Å². The molecule has 126 valence electrons. The van der Waals surface area contributed by atoms with Crippen LogP contribution in [0, 0.1) is 0 Å². The third-order valence-corrected chi connectivity index (χ3v) is 4.14. The van der Waals surface area contributed by atoms with Crippen molar-refractivity contribution in [3.63, 3.8) is 0 Å². The molecule has 0 aliphatic carbocycles. The summed E-state index contributed by atoms with van der Waals surface area (Å²) in [6.07, 6.45) is 1.01. The predicted octanol–water partition coefficient (Wildman–Crippen LogP) is 3.44. The quantitative estimate of drug-likeness (QED) is 0.804. The lowest BCUT2D eigenvalue weighted by Crippen LogP contribution is -2.36. The highest BCUT2D eigenvalue weighted by Gasteiger charge is 2.25. The van der Waals surface area contributed by atoms with Crippen molar-refractivity contribution >= 4 is 11.8 Å². The third-order valence-electron chi connectivity index (χ3n) is 4.14. The maximum atomic E-state index is 11.9. The van der Waals surface area contributed by atoms with Gasteiger partial charge in [-0.2, -0.15) is 0 Å². The van der Waals surface area contributed by atoms with E-state index in [4.69, 9.17) is 4.84 Å². The van der Waals surface area contributed by atoms with E-state index in [1.165, 1.54) is 6.07 Å². The number of carbonyl (C=O) groups is 1. The zero-order valence-electron chi connectivity index (χ0n) is 13.2. The van der Waals surface area contributed by atoms with Crippen LogP contribution in [0.5, 0.6) is 11.5 Å². The number of piperidine rings is 1. The van der Waals surface area contributed by atoms with Crippen molar-refractivity contribution in [3.05, 3.63) is 54.1 Å². The van der Waals surface area contributed by atoms with Gasteiger partial charge < -0.3 is 15.1 Å². The van der Waals surface area contributed by atoms with Crippen molar-refractivity contribution in [1.29, 1.82) is 0 Å². The van der Waals surface area contributed by atoms with Gasteiger partial charge in [-0.3, -0.25) is 5.32 Å². The summed E-state index contributed by atoms with van der Waals surface area (Å²) in [6.45, 7) is 1.18. The second-order valence-electron chi connectivity index (χ2n) is 5.82. The Balaban J connectivity index is 1.51. The number of nitrogens with one attached hydrogen (secondary N) is 1. The minimum atomic E-state index is -0.507. The van der Waals surface area contributed by atoms with Gasteiger partial charge in [0.25, 0.3) is 0 Å². The Morgan fingerprint density at radius 2 is 1.79 bits per heavy atom. The van der Waals surface area contributed by atoms with Gasteiger partial charge in [0, 0.05) is 24.8 Å². The highest BCUT2D eigenvalue weighted by atomic mass is 16.7. The first-order valence-electron chi connectivity index (χ1n) is 7.92. The number of anilines is 1. The normalized spacial score (nSPS) is 15.8. The van der Waals surface area contributed by atoms with Crippen LogP contribution in [0.4, 0.5) is 10.5 Å². The zero-order chi connectivity index (χ0) is 16.9. The number of para-hydroxylation sites is 1. The van der Waals surface area contributed by atoms with Crippen molar-refractivity contribution in [2.75, 3.05) is 18.4 Å². The summed E-state index contributed by atoms with van der Waals surface area (Å²) in [7, 11) is 0. The van der Waals surface area contributed by atoms with E-state index in [1.54, 1.807) is 29.3 Å². The number of hydrogen-bond acceptors (Lipinski definition) is 5. The maximum absolute atomic E-state index is 11.9. The van der Waals surface area contributed by atoms with Crippen LogP contribution in [0.3, 0.4) is 0 Å². The van der Waals surface area contributed by atoms with Crippen LogP contribution in [0.1, 0.15) is 24.3 Å². The molecule has 0 aromatic heterocycles. The summed E-state index contributed by atoms with van der Waals surface area (Å²) in [5.74, 6) is 0.341. The number of hydrogen-bond donors (Lipinski definition) is 3. The summed E-state index contributed by atoms with van der Waals surface area (Å²) in [5.41, 5.74) is 1.51. The lowest BCUT2D eigenvalue weighted by molar-refractivity contribution is -0.108. The molecule has 1 saturated heterocycles. The number of phenolic OH excluding ortho intramolecular Hbond substituents is 2. The minimum Gasteiger partial charge on any atom is -0.508 e. The molecule has 1 aliphatic rings. The molecule has 6 nitrogen and oxygen atoms in total. The molecule has 0 spiro atoms. The number of nitrogens with zero attached hydrogens (tertiary/aromatic N) is 1. The summed E-state index contributed by atoms with van der Waals surface area (Å²) in [6, 6.07) is 13.8. The fourth-order valence-corrected chi connectivity index (χ4v) is 2.91. The average Bonchev–Trinajstić information content (AvgIpc) is 2.57. The highest BCUT2D eigenvalue weighted by Crippen LogP contribution is 2.35. The van der Waals surface area contributed by atoms with Crippen molar-refractivity contribution in [1.82, 2.24) is 5.06 Å². The van der Waals surface area contributed by atoms with Gasteiger partial charge in [-0.1, -0.05) is 24.3 Å². The predicted molar refractivity (Wildman–Crippen MR) is 89.9 cm³/mol. The van der Waals surface area contributed by atoms with Crippen LogP contribution >= 0.6 is 0 Å². The Labute approximate surface area is 140 Å². The van der Waals surface area contributed by atoms with E-state index < -0.39 is 6.09 Å². The minimum absolute atomic E-state index is 0.0506. The Kier molecular flexibility index (Phi) is 4.86. The Bertz CT molecular complexity index is 697. The number of amides is 1. The molecule has 1 aliphatic heterocycles. The maximum Gasteiger partial charge on any atom is 0.430 e. The van der Waals surface area contributed by atoms with E-state index in [-0.39, 0.29) is 17.4 Å². The molecule has 1 fully saturated rings. The molecule has 0 radical (unpaired) electrons. The second-order valence-corrected chi connectivity index (χ2v) is 5.82. The molecule has 2 aromatic carbocycles. The van der Waals surface area contributed by atoms with Gasteiger partial charge in [-0.25, -0.2) is 4.79 Å². The van der Waals surface area contributed by atoms with Crippen LogP contribution in [-0.4, -0.2) is 34.5 Å². The first kappa shape index (κ1) is 16.1. The van der Waals surface area contributed by atoms with Crippen LogP contribution in [0.15, 0.2) is 48.5 Å². The number of aromatic hydroxyl groups is 2. The van der Waals surface area contributed by atoms with E-state index in [1.807, 2.05) is 18.2 Å². The summed E-state index contributed by atoms with van der Waals surface area (Å²) in [4.78, 5) is 17.2. The van der Waals surface area contributed by atoms with Gasteiger partial charge >= 0.3 is 6.09 Å². The highest BCUT2D eigenvalue weighted by molar-refractivity contribution is 5.84. The molecule has 1 amide bonds. The molecule has 1 heterocycles. The van der Waals surface area contributed by atoms with Gasteiger partial charge in [0.2, 0.25) is 0 Å². The number of carbonyl (C=O) groups excluding carboxylic acids is 1. The van der Waals surface area contributed by atoms with Gasteiger partial charge in [0.05, 0.1) is 0 Å². The molecule has 24 heavy (non-hydrogen) atoms. The summed E-state index contributed by atoms with van der Waals surface area (Å²) < 4.78 is 0. The first-order chi connectivity index (χ1) is 11.6. The van der Waals surface area contributed by atoms with Gasteiger partial charge in [0.1, 0.15) is 11.5 Å². The van der Waals surface area contributed by atoms with Crippen molar-refractivity contribution in [2.24, 2.45) is 0 Å². The smallest absolute Gasteiger partial charge is 0.430 e. The zero-order valence-corrected chi connectivity index (χ0v) is 13.2. The van der Waals surface area contributed by atoms with Crippen molar-refractivity contribution < 1.29 is 19.8 Å². The molecule has 0 atom stereocenters. The van der Waals surface area contributed by atoms with E-state index >= 15 is 0 Å². The largest absolute Gasteiger partial charge is 0.508 e.